The molecule has 0 spiro atoms. The van der Waals surface area contributed by atoms with Gasteiger partial charge in [-0.2, -0.15) is 0 Å². The molecular formula is C13H26N2O2. The molecule has 0 saturated carbocycles. The van der Waals surface area contributed by atoms with Gasteiger partial charge in [0.05, 0.1) is 12.1 Å². The van der Waals surface area contributed by atoms with Crippen molar-refractivity contribution >= 4 is 5.91 Å². The van der Waals surface area contributed by atoms with Crippen molar-refractivity contribution in [3.63, 3.8) is 0 Å². The highest BCUT2D eigenvalue weighted by Gasteiger charge is 2.35. The van der Waals surface area contributed by atoms with Crippen molar-refractivity contribution in [1.29, 1.82) is 0 Å². The summed E-state index contributed by atoms with van der Waals surface area (Å²) in [7, 11) is 0. The molecule has 1 rings (SSSR count). The maximum Gasteiger partial charge on any atom is 0.240 e. The normalized spacial score (nSPS) is 24.2. The Morgan fingerprint density at radius 3 is 2.82 bits per heavy atom. The summed E-state index contributed by atoms with van der Waals surface area (Å²) < 4.78 is 5.46. The Morgan fingerprint density at radius 1 is 1.47 bits per heavy atom. The first-order valence-corrected chi connectivity index (χ1v) is 6.66. The minimum atomic E-state index is -0.363. The third kappa shape index (κ3) is 5.04. The predicted octanol–water partition coefficient (Wildman–Crippen LogP) is 1.31. The summed E-state index contributed by atoms with van der Waals surface area (Å²) >= 11 is 0. The van der Waals surface area contributed by atoms with Crippen molar-refractivity contribution < 1.29 is 9.53 Å². The minimum absolute atomic E-state index is 0.0995. The van der Waals surface area contributed by atoms with Crippen LogP contribution in [0.25, 0.3) is 0 Å². The molecule has 4 nitrogen and oxygen atoms in total. The molecule has 0 radical (unpaired) electrons. The van der Waals surface area contributed by atoms with Gasteiger partial charge < -0.3 is 15.4 Å². The molecule has 1 fully saturated rings. The lowest BCUT2D eigenvalue weighted by Gasteiger charge is -2.22. The van der Waals surface area contributed by atoms with Crippen molar-refractivity contribution in [2.75, 3.05) is 26.3 Å². The number of carbonyl (C=O) groups excluding carboxylic acids is 1. The summed E-state index contributed by atoms with van der Waals surface area (Å²) in [5.41, 5.74) is -0.363. The fraction of sp³-hybridized carbons (Fsp3) is 0.923. The van der Waals surface area contributed by atoms with Gasteiger partial charge in [0.25, 0.3) is 0 Å². The molecule has 0 aromatic heterocycles. The van der Waals surface area contributed by atoms with Crippen LogP contribution < -0.4 is 10.6 Å². The summed E-state index contributed by atoms with van der Waals surface area (Å²) in [6, 6.07) is 0. The van der Waals surface area contributed by atoms with Crippen LogP contribution >= 0.6 is 0 Å². The molecule has 100 valence electrons. The molecule has 2 N–H and O–H groups in total. The standard InChI is InChI=1S/C13H26N2O2/c1-11(2)5-9-17-10-8-14-12(16)13(3)6-4-7-15-13/h11,15H,4-10H2,1-3H3,(H,14,16). The van der Waals surface area contributed by atoms with Crippen LogP contribution in [0.15, 0.2) is 0 Å². The quantitative estimate of drug-likeness (QED) is 0.662. The second-order valence-corrected chi connectivity index (χ2v) is 5.41. The highest BCUT2D eigenvalue weighted by molar-refractivity contribution is 5.86. The van der Waals surface area contributed by atoms with Gasteiger partial charge in [-0.3, -0.25) is 4.79 Å². The van der Waals surface area contributed by atoms with Gasteiger partial charge in [-0.05, 0) is 38.6 Å². The average Bonchev–Trinajstić information content (AvgIpc) is 2.71. The largest absolute Gasteiger partial charge is 0.380 e. The molecule has 1 aliphatic rings. The maximum atomic E-state index is 11.9. The molecule has 4 heteroatoms. The molecule has 1 saturated heterocycles. The van der Waals surface area contributed by atoms with Crippen molar-refractivity contribution in [2.45, 2.75) is 45.6 Å². The second-order valence-electron chi connectivity index (χ2n) is 5.41. The molecule has 0 aromatic rings. The Labute approximate surface area is 104 Å². The monoisotopic (exact) mass is 242 g/mol. The first kappa shape index (κ1) is 14.5. The van der Waals surface area contributed by atoms with Gasteiger partial charge in [-0.15, -0.1) is 0 Å². The molecule has 1 aliphatic heterocycles. The van der Waals surface area contributed by atoms with E-state index in [0.29, 0.717) is 19.1 Å². The predicted molar refractivity (Wildman–Crippen MR) is 68.9 cm³/mol. The number of hydrogen-bond acceptors (Lipinski definition) is 3. The van der Waals surface area contributed by atoms with Crippen molar-refractivity contribution in [3.8, 4) is 0 Å². The van der Waals surface area contributed by atoms with E-state index in [-0.39, 0.29) is 11.4 Å². The van der Waals surface area contributed by atoms with Gasteiger partial charge in [0.1, 0.15) is 0 Å². The lowest BCUT2D eigenvalue weighted by Crippen LogP contribution is -2.51. The summed E-state index contributed by atoms with van der Waals surface area (Å²) in [4.78, 5) is 11.9. The number of ether oxygens (including phenoxy) is 1. The number of carbonyl (C=O) groups is 1. The minimum Gasteiger partial charge on any atom is -0.380 e. The first-order valence-electron chi connectivity index (χ1n) is 6.66. The van der Waals surface area contributed by atoms with Crippen LogP contribution in [0.4, 0.5) is 0 Å². The van der Waals surface area contributed by atoms with Crippen molar-refractivity contribution in [3.05, 3.63) is 0 Å². The van der Waals surface area contributed by atoms with Gasteiger partial charge in [-0.25, -0.2) is 0 Å². The molecule has 1 atom stereocenters. The SMILES string of the molecule is CC(C)CCOCCNC(=O)C1(C)CCCN1. The van der Waals surface area contributed by atoms with E-state index in [9.17, 15) is 4.79 Å². The number of rotatable bonds is 7. The number of amides is 1. The Balaban J connectivity index is 2.04. The van der Waals surface area contributed by atoms with Crippen molar-refractivity contribution in [1.82, 2.24) is 10.6 Å². The van der Waals surface area contributed by atoms with E-state index in [1.54, 1.807) is 0 Å². The van der Waals surface area contributed by atoms with Gasteiger partial charge >= 0.3 is 0 Å². The molecule has 17 heavy (non-hydrogen) atoms. The van der Waals surface area contributed by atoms with E-state index in [0.717, 1.165) is 32.4 Å². The highest BCUT2D eigenvalue weighted by atomic mass is 16.5. The van der Waals surface area contributed by atoms with Gasteiger partial charge in [0.2, 0.25) is 5.91 Å². The van der Waals surface area contributed by atoms with Crippen LogP contribution in [0.1, 0.15) is 40.0 Å². The Morgan fingerprint density at radius 2 is 2.24 bits per heavy atom. The molecule has 0 bridgehead atoms. The van der Waals surface area contributed by atoms with E-state index in [4.69, 9.17) is 4.74 Å². The lowest BCUT2D eigenvalue weighted by atomic mass is 9.99. The molecule has 1 heterocycles. The summed E-state index contributed by atoms with van der Waals surface area (Å²) in [5.74, 6) is 0.772. The third-order valence-corrected chi connectivity index (χ3v) is 3.24. The van der Waals surface area contributed by atoms with Crippen LogP contribution in [0.5, 0.6) is 0 Å². The zero-order chi connectivity index (χ0) is 12.7. The van der Waals surface area contributed by atoms with E-state index >= 15 is 0 Å². The summed E-state index contributed by atoms with van der Waals surface area (Å²) in [6.07, 6.45) is 3.08. The van der Waals surface area contributed by atoms with E-state index in [1.165, 1.54) is 0 Å². The Bertz CT molecular complexity index is 236. The molecule has 0 aliphatic carbocycles. The fourth-order valence-corrected chi connectivity index (χ4v) is 1.94. The van der Waals surface area contributed by atoms with Crippen LogP contribution in [-0.4, -0.2) is 37.7 Å². The summed E-state index contributed by atoms with van der Waals surface area (Å²) in [5, 5.41) is 6.17. The van der Waals surface area contributed by atoms with Crippen LogP contribution in [-0.2, 0) is 9.53 Å². The Kier molecular flexibility index (Phi) is 5.92. The average molecular weight is 242 g/mol. The molecule has 1 unspecified atom stereocenters. The smallest absolute Gasteiger partial charge is 0.240 e. The molecular weight excluding hydrogens is 216 g/mol. The van der Waals surface area contributed by atoms with Crippen LogP contribution in [0.2, 0.25) is 0 Å². The first-order chi connectivity index (χ1) is 8.04. The van der Waals surface area contributed by atoms with Crippen LogP contribution in [0, 0.1) is 5.92 Å². The van der Waals surface area contributed by atoms with Crippen molar-refractivity contribution in [2.24, 2.45) is 5.92 Å². The van der Waals surface area contributed by atoms with E-state index in [1.807, 2.05) is 6.92 Å². The maximum absolute atomic E-state index is 11.9. The zero-order valence-electron chi connectivity index (χ0n) is 11.3. The second kappa shape index (κ2) is 6.97. The topological polar surface area (TPSA) is 50.4 Å². The Hall–Kier alpha value is -0.610. The molecule has 0 aromatic carbocycles. The van der Waals surface area contributed by atoms with Gasteiger partial charge in [0, 0.05) is 13.2 Å². The number of nitrogens with one attached hydrogen (secondary N) is 2. The van der Waals surface area contributed by atoms with Crippen LogP contribution in [0.3, 0.4) is 0 Å². The third-order valence-electron chi connectivity index (χ3n) is 3.24. The van der Waals surface area contributed by atoms with E-state index in [2.05, 4.69) is 24.5 Å². The highest BCUT2D eigenvalue weighted by Crippen LogP contribution is 2.18. The van der Waals surface area contributed by atoms with Gasteiger partial charge in [0.15, 0.2) is 0 Å². The molecule has 1 amide bonds. The number of hydrogen-bond donors (Lipinski definition) is 2. The summed E-state index contributed by atoms with van der Waals surface area (Å²) in [6.45, 7) is 9.25. The lowest BCUT2D eigenvalue weighted by molar-refractivity contribution is -0.126. The van der Waals surface area contributed by atoms with E-state index < -0.39 is 0 Å². The zero-order valence-corrected chi connectivity index (χ0v) is 11.3. The fourth-order valence-electron chi connectivity index (χ4n) is 1.94. The van der Waals surface area contributed by atoms with Gasteiger partial charge in [-0.1, -0.05) is 13.8 Å².